The maximum atomic E-state index is 12.9. The van der Waals surface area contributed by atoms with Crippen LogP contribution in [-0.2, 0) is 9.59 Å². The van der Waals surface area contributed by atoms with Crippen LogP contribution in [0.2, 0.25) is 0 Å². The minimum absolute atomic E-state index is 0. The minimum Gasteiger partial charge on any atom is -0.338 e. The van der Waals surface area contributed by atoms with Gasteiger partial charge in [0.1, 0.15) is 0 Å². The molecule has 6 heteroatoms. The normalized spacial score (nSPS) is 23.5. The van der Waals surface area contributed by atoms with Gasteiger partial charge in [-0.15, -0.1) is 12.4 Å². The number of para-hydroxylation sites is 1. The van der Waals surface area contributed by atoms with E-state index in [4.69, 9.17) is 0 Å². The van der Waals surface area contributed by atoms with Crippen molar-refractivity contribution in [3.63, 3.8) is 0 Å². The molecule has 0 aromatic heterocycles. The predicted molar refractivity (Wildman–Crippen MR) is 88.3 cm³/mol. The number of anilines is 1. The van der Waals surface area contributed by atoms with E-state index in [2.05, 4.69) is 10.6 Å². The van der Waals surface area contributed by atoms with E-state index in [1.54, 1.807) is 0 Å². The molecule has 0 radical (unpaired) electrons. The number of amides is 2. The molecule has 2 amide bonds. The summed E-state index contributed by atoms with van der Waals surface area (Å²) in [6, 6.07) is 7.86. The van der Waals surface area contributed by atoms with Crippen LogP contribution in [-0.4, -0.2) is 42.9 Å². The molecule has 3 rings (SSSR count). The van der Waals surface area contributed by atoms with E-state index in [9.17, 15) is 9.59 Å². The number of fused-ring (bicyclic) bond motifs is 1. The van der Waals surface area contributed by atoms with Gasteiger partial charge >= 0.3 is 0 Å². The highest BCUT2D eigenvalue weighted by atomic mass is 35.5. The van der Waals surface area contributed by atoms with Crippen LogP contribution >= 0.6 is 12.4 Å². The Kier molecular flexibility index (Phi) is 5.42. The summed E-state index contributed by atoms with van der Waals surface area (Å²) in [4.78, 5) is 26.7. The van der Waals surface area contributed by atoms with Crippen LogP contribution < -0.4 is 10.6 Å². The number of rotatable bonds is 3. The maximum Gasteiger partial charge on any atom is 0.231 e. The molecule has 120 valence electrons. The lowest BCUT2D eigenvalue weighted by Gasteiger charge is -2.31. The zero-order chi connectivity index (χ0) is 14.8. The van der Waals surface area contributed by atoms with Crippen molar-refractivity contribution < 1.29 is 9.59 Å². The number of carbonyl (C=O) groups excluding carboxylic acids is 2. The van der Waals surface area contributed by atoms with Crippen molar-refractivity contribution in [2.75, 3.05) is 25.5 Å². The fourth-order valence-corrected chi connectivity index (χ4v) is 3.41. The lowest BCUT2D eigenvalue weighted by molar-refractivity contribution is -0.135. The van der Waals surface area contributed by atoms with Gasteiger partial charge in [-0.25, -0.2) is 0 Å². The summed E-state index contributed by atoms with van der Waals surface area (Å²) in [6.07, 6.45) is 2.32. The van der Waals surface area contributed by atoms with E-state index in [1.165, 1.54) is 0 Å². The molecule has 0 bridgehead atoms. The maximum absolute atomic E-state index is 12.9. The molecule has 1 fully saturated rings. The van der Waals surface area contributed by atoms with Crippen molar-refractivity contribution in [2.45, 2.75) is 31.2 Å². The molecule has 1 aromatic carbocycles. The molecule has 1 aromatic rings. The van der Waals surface area contributed by atoms with E-state index in [1.807, 2.05) is 36.2 Å². The second-order valence-electron chi connectivity index (χ2n) is 5.78. The van der Waals surface area contributed by atoms with Gasteiger partial charge in [-0.1, -0.05) is 18.2 Å². The molecule has 2 heterocycles. The first-order chi connectivity index (χ1) is 10.2. The third-order valence-corrected chi connectivity index (χ3v) is 4.40. The summed E-state index contributed by atoms with van der Waals surface area (Å²) in [7, 11) is 1.91. The fraction of sp³-hybridized carbons (Fsp3) is 0.500. The monoisotopic (exact) mass is 323 g/mol. The molecule has 2 N–H and O–H groups in total. The summed E-state index contributed by atoms with van der Waals surface area (Å²) in [5, 5.41) is 6.00. The highest BCUT2D eigenvalue weighted by Crippen LogP contribution is 2.34. The third-order valence-electron chi connectivity index (χ3n) is 4.40. The number of nitrogens with one attached hydrogen (secondary N) is 2. The van der Waals surface area contributed by atoms with Gasteiger partial charge in [0.05, 0.1) is 5.92 Å². The van der Waals surface area contributed by atoms with Crippen LogP contribution in [0.5, 0.6) is 0 Å². The zero-order valence-corrected chi connectivity index (χ0v) is 13.5. The smallest absolute Gasteiger partial charge is 0.231 e. The van der Waals surface area contributed by atoms with Gasteiger partial charge in [-0.05, 0) is 31.5 Å². The molecule has 2 unspecified atom stereocenters. The van der Waals surface area contributed by atoms with Gasteiger partial charge in [0, 0.05) is 31.2 Å². The quantitative estimate of drug-likeness (QED) is 0.891. The van der Waals surface area contributed by atoms with Crippen LogP contribution in [0.3, 0.4) is 0 Å². The highest BCUT2D eigenvalue weighted by molar-refractivity contribution is 6.01. The van der Waals surface area contributed by atoms with E-state index < -0.39 is 0 Å². The Morgan fingerprint density at radius 2 is 2.18 bits per heavy atom. The van der Waals surface area contributed by atoms with E-state index in [0.717, 1.165) is 37.2 Å². The standard InChI is InChI=1S/C16H21N3O2.ClH/c1-17-10-11-5-4-8-19(11)16(21)13-9-15(20)18-14-7-3-2-6-12(13)14;/h2-3,6-7,11,13,17H,4-5,8-10H2,1H3,(H,18,20);1H. The Bertz CT molecular complexity index is 564. The number of nitrogens with zero attached hydrogens (tertiary/aromatic N) is 1. The number of likely N-dealkylation sites (tertiary alicyclic amines) is 1. The molecule has 2 aliphatic heterocycles. The summed E-state index contributed by atoms with van der Waals surface area (Å²) >= 11 is 0. The Morgan fingerprint density at radius 1 is 1.41 bits per heavy atom. The summed E-state index contributed by atoms with van der Waals surface area (Å²) in [5.41, 5.74) is 1.72. The van der Waals surface area contributed by atoms with Crippen LogP contribution in [0.1, 0.15) is 30.7 Å². The van der Waals surface area contributed by atoms with Crippen LogP contribution in [0.4, 0.5) is 5.69 Å². The van der Waals surface area contributed by atoms with Crippen molar-refractivity contribution in [1.82, 2.24) is 10.2 Å². The first-order valence-electron chi connectivity index (χ1n) is 7.54. The van der Waals surface area contributed by atoms with Gasteiger partial charge in [0.25, 0.3) is 0 Å². The fourth-order valence-electron chi connectivity index (χ4n) is 3.41. The van der Waals surface area contributed by atoms with Crippen LogP contribution in [0.15, 0.2) is 24.3 Å². The molecule has 22 heavy (non-hydrogen) atoms. The highest BCUT2D eigenvalue weighted by Gasteiger charge is 2.37. The van der Waals surface area contributed by atoms with Crippen molar-refractivity contribution in [3.8, 4) is 0 Å². The van der Waals surface area contributed by atoms with Crippen LogP contribution in [0, 0.1) is 0 Å². The summed E-state index contributed by atoms with van der Waals surface area (Å²) in [5.74, 6) is -0.320. The minimum atomic E-state index is -0.340. The van der Waals surface area contributed by atoms with Gasteiger partial charge < -0.3 is 15.5 Å². The molecule has 1 saturated heterocycles. The Balaban J connectivity index is 0.00000176. The second-order valence-corrected chi connectivity index (χ2v) is 5.78. The number of carbonyl (C=O) groups is 2. The van der Waals surface area contributed by atoms with Crippen molar-refractivity contribution >= 4 is 29.9 Å². The summed E-state index contributed by atoms with van der Waals surface area (Å²) in [6.45, 7) is 1.61. The molecule has 0 spiro atoms. The summed E-state index contributed by atoms with van der Waals surface area (Å²) < 4.78 is 0. The van der Waals surface area contributed by atoms with Gasteiger partial charge in [0.15, 0.2) is 0 Å². The van der Waals surface area contributed by atoms with Crippen molar-refractivity contribution in [1.29, 1.82) is 0 Å². The number of halogens is 1. The average Bonchev–Trinajstić information content (AvgIpc) is 2.94. The number of benzene rings is 1. The second kappa shape index (κ2) is 7.11. The molecule has 2 atom stereocenters. The molecule has 0 saturated carbocycles. The lowest BCUT2D eigenvalue weighted by Crippen LogP contribution is -2.44. The third kappa shape index (κ3) is 3.10. The Hall–Kier alpha value is -1.59. The first-order valence-corrected chi connectivity index (χ1v) is 7.54. The SMILES string of the molecule is CNCC1CCCN1C(=O)C1CC(=O)Nc2ccccc21.Cl. The molecular weight excluding hydrogens is 302 g/mol. The molecule has 5 nitrogen and oxygen atoms in total. The van der Waals surface area contributed by atoms with Crippen LogP contribution in [0.25, 0.3) is 0 Å². The van der Waals surface area contributed by atoms with E-state index in [-0.39, 0.29) is 42.6 Å². The first kappa shape index (κ1) is 16.8. The van der Waals surface area contributed by atoms with Gasteiger partial charge in [0.2, 0.25) is 11.8 Å². The topological polar surface area (TPSA) is 61.4 Å². The largest absolute Gasteiger partial charge is 0.338 e. The number of hydrogen-bond donors (Lipinski definition) is 2. The average molecular weight is 324 g/mol. The van der Waals surface area contributed by atoms with Gasteiger partial charge in [-0.3, -0.25) is 9.59 Å². The Labute approximate surface area is 136 Å². The molecule has 2 aliphatic rings. The number of hydrogen-bond acceptors (Lipinski definition) is 3. The zero-order valence-electron chi connectivity index (χ0n) is 12.7. The Morgan fingerprint density at radius 3 is 2.95 bits per heavy atom. The van der Waals surface area contributed by atoms with Gasteiger partial charge in [-0.2, -0.15) is 0 Å². The molecule has 0 aliphatic carbocycles. The van der Waals surface area contributed by atoms with Crippen molar-refractivity contribution in [3.05, 3.63) is 29.8 Å². The number of likely N-dealkylation sites (N-methyl/N-ethyl adjacent to an activating group) is 1. The van der Waals surface area contributed by atoms with E-state index >= 15 is 0 Å². The molecular formula is C16H22ClN3O2. The van der Waals surface area contributed by atoms with Crippen molar-refractivity contribution in [2.24, 2.45) is 0 Å². The predicted octanol–water partition coefficient (Wildman–Crippen LogP) is 1.74. The van der Waals surface area contributed by atoms with E-state index in [0.29, 0.717) is 0 Å². The lowest BCUT2D eigenvalue weighted by atomic mass is 9.89.